The number of rotatable bonds is 6. The first-order chi connectivity index (χ1) is 16.9. The molecule has 2 fully saturated rings. The number of para-hydroxylation sites is 1. The number of nitrogens with zero attached hydrogens (tertiary/aromatic N) is 6. The summed E-state index contributed by atoms with van der Waals surface area (Å²) < 4.78 is 1.96. The third kappa shape index (κ3) is 4.55. The molecule has 3 aromatic rings. The van der Waals surface area contributed by atoms with Crippen molar-refractivity contribution in [1.82, 2.24) is 30.4 Å². The van der Waals surface area contributed by atoms with Gasteiger partial charge in [-0.3, -0.25) is 9.69 Å². The van der Waals surface area contributed by atoms with Gasteiger partial charge in [0, 0.05) is 18.8 Å². The number of hydrogen-bond acceptors (Lipinski definition) is 6. The molecule has 2 aliphatic rings. The summed E-state index contributed by atoms with van der Waals surface area (Å²) in [6.45, 7) is 8.58. The molecule has 0 bridgehead atoms. The molecule has 0 aliphatic carbocycles. The maximum Gasteiger partial charge on any atom is 0.247 e. The van der Waals surface area contributed by atoms with Gasteiger partial charge in [0.25, 0.3) is 0 Å². The molecule has 1 atom stereocenters. The lowest BCUT2D eigenvalue weighted by Gasteiger charge is -2.45. The van der Waals surface area contributed by atoms with Crippen LogP contribution in [0.1, 0.15) is 57.5 Å². The van der Waals surface area contributed by atoms with Crippen molar-refractivity contribution in [3.8, 4) is 0 Å². The van der Waals surface area contributed by atoms with Crippen LogP contribution >= 0.6 is 0 Å². The zero-order valence-corrected chi connectivity index (χ0v) is 20.9. The molecule has 2 aliphatic heterocycles. The number of anilines is 1. The molecule has 1 amide bonds. The van der Waals surface area contributed by atoms with E-state index in [0.717, 1.165) is 50.3 Å². The number of likely N-dealkylation sites (tertiary alicyclic amines) is 1. The maximum atomic E-state index is 13.1. The van der Waals surface area contributed by atoms with E-state index in [9.17, 15) is 4.79 Å². The normalized spacial score (nSPS) is 19.2. The van der Waals surface area contributed by atoms with E-state index in [1.165, 1.54) is 5.56 Å². The van der Waals surface area contributed by atoms with Gasteiger partial charge in [-0.25, -0.2) is 4.68 Å². The molecule has 8 nitrogen and oxygen atoms in total. The van der Waals surface area contributed by atoms with Crippen molar-refractivity contribution in [2.45, 2.75) is 63.6 Å². The first-order valence-corrected chi connectivity index (χ1v) is 12.6. The lowest BCUT2D eigenvalue weighted by atomic mass is 9.84. The van der Waals surface area contributed by atoms with Gasteiger partial charge in [-0.05, 0) is 74.6 Å². The van der Waals surface area contributed by atoms with Crippen molar-refractivity contribution in [2.24, 2.45) is 0 Å². The van der Waals surface area contributed by atoms with Crippen LogP contribution in [0.3, 0.4) is 0 Å². The third-order valence-electron chi connectivity index (χ3n) is 7.45. The molecule has 2 saturated heterocycles. The smallest absolute Gasteiger partial charge is 0.247 e. The molecular formula is C27H35N7O. The van der Waals surface area contributed by atoms with Crippen LogP contribution in [0.25, 0.3) is 0 Å². The van der Waals surface area contributed by atoms with Gasteiger partial charge >= 0.3 is 0 Å². The maximum absolute atomic E-state index is 13.1. The Bertz CT molecular complexity index is 1130. The van der Waals surface area contributed by atoms with Gasteiger partial charge in [0.1, 0.15) is 5.54 Å². The highest BCUT2D eigenvalue weighted by molar-refractivity contribution is 5.93. The molecule has 3 heterocycles. The summed E-state index contributed by atoms with van der Waals surface area (Å²) in [7, 11) is 0. The van der Waals surface area contributed by atoms with Gasteiger partial charge in [-0.15, -0.1) is 5.10 Å². The van der Waals surface area contributed by atoms with Crippen LogP contribution in [0.15, 0.2) is 60.7 Å². The molecule has 2 aromatic carbocycles. The largest absolute Gasteiger partial charge is 0.339 e. The number of hydrogen-bond donors (Lipinski definition) is 1. The van der Waals surface area contributed by atoms with E-state index in [-0.39, 0.29) is 17.5 Å². The fourth-order valence-electron chi connectivity index (χ4n) is 5.54. The molecule has 1 unspecified atom stereocenters. The number of piperidine rings is 1. The molecule has 1 spiro atoms. The Morgan fingerprint density at radius 1 is 1.00 bits per heavy atom. The average molecular weight is 474 g/mol. The predicted molar refractivity (Wildman–Crippen MR) is 136 cm³/mol. The number of benzene rings is 2. The van der Waals surface area contributed by atoms with E-state index in [1.54, 1.807) is 0 Å². The van der Waals surface area contributed by atoms with E-state index < -0.39 is 5.54 Å². The Morgan fingerprint density at radius 3 is 2.31 bits per heavy atom. The lowest BCUT2D eigenvalue weighted by Crippen LogP contribution is -2.57. The molecule has 184 valence electrons. The van der Waals surface area contributed by atoms with Gasteiger partial charge in [-0.2, -0.15) is 0 Å². The fourth-order valence-corrected chi connectivity index (χ4v) is 5.54. The van der Waals surface area contributed by atoms with Crippen LogP contribution in [0.5, 0.6) is 0 Å². The number of carbonyl (C=O) groups excluding carboxylic acids is 1. The van der Waals surface area contributed by atoms with Crippen LogP contribution < -0.4 is 10.2 Å². The number of nitrogens with one attached hydrogen (secondary N) is 1. The Labute approximate surface area is 207 Å². The van der Waals surface area contributed by atoms with E-state index >= 15 is 0 Å². The van der Waals surface area contributed by atoms with Crippen LogP contribution in [-0.2, 0) is 16.8 Å². The van der Waals surface area contributed by atoms with Crippen LogP contribution in [0.2, 0.25) is 0 Å². The Morgan fingerprint density at radius 2 is 1.66 bits per heavy atom. The standard InChI is InChI=1S/C27H35N7O/c1-26(2,3)34-24(29-30-31-34)23(15-14-21-10-6-4-7-11-21)32-18-16-27(17-19-32)25(35)28-20-33(27)22-12-8-5-9-13-22/h4-13,23H,14-20H2,1-3H3,(H,28,35). The molecule has 35 heavy (non-hydrogen) atoms. The summed E-state index contributed by atoms with van der Waals surface area (Å²) in [6.07, 6.45) is 3.40. The van der Waals surface area contributed by atoms with Crippen molar-refractivity contribution in [1.29, 1.82) is 0 Å². The Balaban J connectivity index is 1.39. The second kappa shape index (κ2) is 9.41. The summed E-state index contributed by atoms with van der Waals surface area (Å²) in [5, 5.41) is 16.0. The second-order valence-electron chi connectivity index (χ2n) is 10.7. The summed E-state index contributed by atoms with van der Waals surface area (Å²) in [5.41, 5.74) is 1.69. The predicted octanol–water partition coefficient (Wildman–Crippen LogP) is 3.53. The van der Waals surface area contributed by atoms with Gasteiger partial charge in [-0.1, -0.05) is 48.5 Å². The van der Waals surface area contributed by atoms with Gasteiger partial charge < -0.3 is 10.2 Å². The Kier molecular flexibility index (Phi) is 6.32. The monoisotopic (exact) mass is 473 g/mol. The molecule has 1 N–H and O–H groups in total. The molecular weight excluding hydrogens is 438 g/mol. The minimum Gasteiger partial charge on any atom is -0.339 e. The van der Waals surface area contributed by atoms with Crippen molar-refractivity contribution >= 4 is 11.6 Å². The van der Waals surface area contributed by atoms with Crippen LogP contribution in [0, 0.1) is 0 Å². The van der Waals surface area contributed by atoms with E-state index in [0.29, 0.717) is 6.67 Å². The van der Waals surface area contributed by atoms with E-state index in [1.807, 2.05) is 22.9 Å². The van der Waals surface area contributed by atoms with Crippen molar-refractivity contribution in [3.63, 3.8) is 0 Å². The zero-order chi connectivity index (χ0) is 24.5. The van der Waals surface area contributed by atoms with Gasteiger partial charge in [0.15, 0.2) is 5.82 Å². The minimum absolute atomic E-state index is 0.0800. The number of amides is 1. The molecule has 0 radical (unpaired) electrons. The zero-order valence-electron chi connectivity index (χ0n) is 20.9. The molecule has 0 saturated carbocycles. The van der Waals surface area contributed by atoms with Crippen LogP contribution in [-0.4, -0.2) is 56.3 Å². The average Bonchev–Trinajstić information content (AvgIpc) is 3.47. The van der Waals surface area contributed by atoms with Gasteiger partial charge in [0.2, 0.25) is 5.91 Å². The summed E-state index contributed by atoms with van der Waals surface area (Å²) in [4.78, 5) is 17.9. The second-order valence-corrected chi connectivity index (χ2v) is 10.7. The highest BCUT2D eigenvalue weighted by Gasteiger charge is 2.51. The lowest BCUT2D eigenvalue weighted by molar-refractivity contribution is -0.125. The van der Waals surface area contributed by atoms with E-state index in [4.69, 9.17) is 0 Å². The first-order valence-electron chi connectivity index (χ1n) is 12.6. The summed E-state index contributed by atoms with van der Waals surface area (Å²) >= 11 is 0. The van der Waals surface area contributed by atoms with Gasteiger partial charge in [0.05, 0.1) is 18.2 Å². The van der Waals surface area contributed by atoms with Crippen molar-refractivity contribution < 1.29 is 4.79 Å². The number of aromatic nitrogens is 4. The minimum atomic E-state index is -0.502. The number of carbonyl (C=O) groups is 1. The summed E-state index contributed by atoms with van der Waals surface area (Å²) in [6, 6.07) is 20.9. The number of aryl methyl sites for hydroxylation is 1. The highest BCUT2D eigenvalue weighted by Crippen LogP contribution is 2.39. The topological polar surface area (TPSA) is 79.2 Å². The first kappa shape index (κ1) is 23.5. The number of tetrazole rings is 1. The van der Waals surface area contributed by atoms with Crippen LogP contribution in [0.4, 0.5) is 5.69 Å². The molecule has 1 aromatic heterocycles. The summed E-state index contributed by atoms with van der Waals surface area (Å²) in [5.74, 6) is 1.04. The fraction of sp³-hybridized carbons (Fsp3) is 0.481. The SMILES string of the molecule is CC(C)(C)n1nnnc1C(CCc1ccccc1)N1CCC2(CC1)C(=O)NCN2c1ccccc1. The Hall–Kier alpha value is -3.26. The third-order valence-corrected chi connectivity index (χ3v) is 7.45. The van der Waals surface area contributed by atoms with E-state index in [2.05, 4.69) is 93.9 Å². The molecule has 5 rings (SSSR count). The van der Waals surface area contributed by atoms with Crippen molar-refractivity contribution in [2.75, 3.05) is 24.7 Å². The van der Waals surface area contributed by atoms with Crippen molar-refractivity contribution in [3.05, 3.63) is 72.1 Å². The quantitative estimate of drug-likeness (QED) is 0.590. The molecule has 8 heteroatoms. The highest BCUT2D eigenvalue weighted by atomic mass is 16.2.